The summed E-state index contributed by atoms with van der Waals surface area (Å²) < 4.78 is 5.30. The zero-order valence-electron chi connectivity index (χ0n) is 14.3. The van der Waals surface area contributed by atoms with E-state index < -0.39 is 4.92 Å². The van der Waals surface area contributed by atoms with Gasteiger partial charge >= 0.3 is 0 Å². The molecule has 6 nitrogen and oxygen atoms in total. The number of anilines is 1. The molecule has 0 atom stereocenters. The standard InChI is InChI=1S/C19H20N2O4/c1-13-3-4-15(11-14(13)2)19(22)16-5-6-17(18(12-16)21(23)24)20-7-9-25-10-8-20/h3-6,11-12H,7-10H2,1-2H3. The molecule has 0 aliphatic carbocycles. The second-order valence-corrected chi connectivity index (χ2v) is 6.19. The maximum atomic E-state index is 12.7. The average Bonchev–Trinajstić information content (AvgIpc) is 2.63. The highest BCUT2D eigenvalue weighted by molar-refractivity contribution is 6.09. The van der Waals surface area contributed by atoms with Gasteiger partial charge in [0.2, 0.25) is 0 Å². The second kappa shape index (κ2) is 7.03. The van der Waals surface area contributed by atoms with E-state index in [1.165, 1.54) is 6.07 Å². The Kier molecular flexibility index (Phi) is 4.81. The Morgan fingerprint density at radius 1 is 1.04 bits per heavy atom. The van der Waals surface area contributed by atoms with Crippen LogP contribution in [0.3, 0.4) is 0 Å². The molecule has 1 heterocycles. The van der Waals surface area contributed by atoms with Gasteiger partial charge in [-0.2, -0.15) is 0 Å². The molecule has 1 aliphatic heterocycles. The van der Waals surface area contributed by atoms with Gasteiger partial charge in [0.25, 0.3) is 5.69 Å². The summed E-state index contributed by atoms with van der Waals surface area (Å²) in [6.45, 7) is 6.21. The van der Waals surface area contributed by atoms with E-state index in [0.717, 1.165) is 11.1 Å². The summed E-state index contributed by atoms with van der Waals surface area (Å²) >= 11 is 0. The number of rotatable bonds is 4. The first-order valence-electron chi connectivity index (χ1n) is 8.20. The summed E-state index contributed by atoms with van der Waals surface area (Å²) in [6.07, 6.45) is 0. The minimum absolute atomic E-state index is 0.0448. The van der Waals surface area contributed by atoms with Crippen molar-refractivity contribution in [1.29, 1.82) is 0 Å². The Morgan fingerprint density at radius 2 is 1.68 bits per heavy atom. The zero-order valence-corrected chi connectivity index (χ0v) is 14.3. The molecule has 0 aromatic heterocycles. The highest BCUT2D eigenvalue weighted by Gasteiger charge is 2.23. The minimum atomic E-state index is -0.429. The molecule has 3 rings (SSSR count). The molecule has 0 unspecified atom stereocenters. The molecule has 2 aromatic rings. The number of ketones is 1. The quantitative estimate of drug-likeness (QED) is 0.485. The molecule has 0 saturated carbocycles. The highest BCUT2D eigenvalue weighted by Crippen LogP contribution is 2.30. The van der Waals surface area contributed by atoms with Gasteiger partial charge in [-0.15, -0.1) is 0 Å². The monoisotopic (exact) mass is 340 g/mol. The number of benzene rings is 2. The lowest BCUT2D eigenvalue weighted by Crippen LogP contribution is -2.36. The third-order valence-electron chi connectivity index (χ3n) is 4.56. The predicted molar refractivity (Wildman–Crippen MR) is 95.5 cm³/mol. The van der Waals surface area contributed by atoms with Gasteiger partial charge in [-0.25, -0.2) is 0 Å². The van der Waals surface area contributed by atoms with Crippen LogP contribution in [0, 0.1) is 24.0 Å². The van der Waals surface area contributed by atoms with Crippen LogP contribution in [0.2, 0.25) is 0 Å². The van der Waals surface area contributed by atoms with Crippen molar-refractivity contribution in [2.24, 2.45) is 0 Å². The van der Waals surface area contributed by atoms with Crippen molar-refractivity contribution in [1.82, 2.24) is 0 Å². The number of carbonyl (C=O) groups is 1. The van der Waals surface area contributed by atoms with Gasteiger partial charge in [0.05, 0.1) is 18.1 Å². The number of carbonyl (C=O) groups excluding carboxylic acids is 1. The lowest BCUT2D eigenvalue weighted by atomic mass is 9.98. The molecule has 6 heteroatoms. The van der Waals surface area contributed by atoms with Crippen LogP contribution >= 0.6 is 0 Å². The maximum Gasteiger partial charge on any atom is 0.293 e. The van der Waals surface area contributed by atoms with Crippen LogP contribution in [-0.2, 0) is 4.74 Å². The van der Waals surface area contributed by atoms with Crippen molar-refractivity contribution < 1.29 is 14.5 Å². The van der Waals surface area contributed by atoms with Crippen molar-refractivity contribution in [3.05, 3.63) is 68.8 Å². The van der Waals surface area contributed by atoms with Crippen LogP contribution in [0.5, 0.6) is 0 Å². The molecular weight excluding hydrogens is 320 g/mol. The summed E-state index contributed by atoms with van der Waals surface area (Å²) in [7, 11) is 0. The van der Waals surface area contributed by atoms with Gasteiger partial charge in [-0.3, -0.25) is 14.9 Å². The fourth-order valence-electron chi connectivity index (χ4n) is 2.93. The van der Waals surface area contributed by atoms with E-state index >= 15 is 0 Å². The second-order valence-electron chi connectivity index (χ2n) is 6.19. The first-order chi connectivity index (χ1) is 12.0. The van der Waals surface area contributed by atoms with E-state index in [9.17, 15) is 14.9 Å². The number of morpholine rings is 1. The molecule has 0 amide bonds. The van der Waals surface area contributed by atoms with Crippen LogP contribution in [0.1, 0.15) is 27.0 Å². The van der Waals surface area contributed by atoms with E-state index in [1.54, 1.807) is 18.2 Å². The molecule has 130 valence electrons. The molecule has 0 radical (unpaired) electrons. The minimum Gasteiger partial charge on any atom is -0.378 e. The van der Waals surface area contributed by atoms with Crippen LogP contribution in [0.15, 0.2) is 36.4 Å². The van der Waals surface area contributed by atoms with E-state index in [2.05, 4.69) is 0 Å². The number of aryl methyl sites for hydroxylation is 2. The summed E-state index contributed by atoms with van der Waals surface area (Å²) in [5.74, 6) is -0.209. The van der Waals surface area contributed by atoms with E-state index in [1.807, 2.05) is 30.9 Å². The number of nitro groups is 1. The van der Waals surface area contributed by atoms with Gasteiger partial charge < -0.3 is 9.64 Å². The normalized spacial score (nSPS) is 14.4. The Hall–Kier alpha value is -2.73. The molecule has 25 heavy (non-hydrogen) atoms. The number of hydrogen-bond acceptors (Lipinski definition) is 5. The molecule has 1 aliphatic rings. The van der Waals surface area contributed by atoms with Crippen LogP contribution in [0.4, 0.5) is 11.4 Å². The number of nitro benzene ring substituents is 1. The molecule has 1 saturated heterocycles. The van der Waals surface area contributed by atoms with Crippen LogP contribution < -0.4 is 4.90 Å². The Labute approximate surface area is 146 Å². The number of ether oxygens (including phenoxy) is 1. The summed E-state index contributed by atoms with van der Waals surface area (Å²) in [5.41, 5.74) is 3.47. The summed E-state index contributed by atoms with van der Waals surface area (Å²) in [4.78, 5) is 25.7. The zero-order chi connectivity index (χ0) is 18.0. The Balaban J connectivity index is 1.96. The molecule has 0 N–H and O–H groups in total. The Bertz CT molecular complexity index is 826. The third-order valence-corrected chi connectivity index (χ3v) is 4.56. The van der Waals surface area contributed by atoms with E-state index in [0.29, 0.717) is 43.1 Å². The lowest BCUT2D eigenvalue weighted by Gasteiger charge is -2.28. The fraction of sp³-hybridized carbons (Fsp3) is 0.316. The van der Waals surface area contributed by atoms with Crippen LogP contribution in [0.25, 0.3) is 0 Å². The molecular formula is C19H20N2O4. The largest absolute Gasteiger partial charge is 0.378 e. The van der Waals surface area contributed by atoms with Crippen molar-refractivity contribution in [3.63, 3.8) is 0 Å². The molecule has 1 fully saturated rings. The van der Waals surface area contributed by atoms with Gasteiger partial charge in [-0.05, 0) is 43.2 Å². The van der Waals surface area contributed by atoms with Gasteiger partial charge in [0, 0.05) is 30.3 Å². The lowest BCUT2D eigenvalue weighted by molar-refractivity contribution is -0.384. The summed E-state index contributed by atoms with van der Waals surface area (Å²) in [6, 6.07) is 10.2. The van der Waals surface area contributed by atoms with Gasteiger partial charge in [0.1, 0.15) is 5.69 Å². The third kappa shape index (κ3) is 3.53. The first kappa shape index (κ1) is 17.1. The van der Waals surface area contributed by atoms with Crippen molar-refractivity contribution >= 4 is 17.2 Å². The van der Waals surface area contributed by atoms with Crippen LogP contribution in [-0.4, -0.2) is 37.0 Å². The SMILES string of the molecule is Cc1ccc(C(=O)c2ccc(N3CCOCC3)c([N+](=O)[O-])c2)cc1C. The van der Waals surface area contributed by atoms with Crippen molar-refractivity contribution in [3.8, 4) is 0 Å². The molecule has 0 bridgehead atoms. The number of nitrogens with zero attached hydrogens (tertiary/aromatic N) is 2. The van der Waals surface area contributed by atoms with Crippen molar-refractivity contribution in [2.45, 2.75) is 13.8 Å². The topological polar surface area (TPSA) is 72.7 Å². The maximum absolute atomic E-state index is 12.7. The average molecular weight is 340 g/mol. The predicted octanol–water partition coefficient (Wildman–Crippen LogP) is 3.28. The first-order valence-corrected chi connectivity index (χ1v) is 8.20. The molecule has 2 aromatic carbocycles. The van der Waals surface area contributed by atoms with Gasteiger partial charge in [-0.1, -0.05) is 12.1 Å². The van der Waals surface area contributed by atoms with Crippen molar-refractivity contribution in [2.75, 3.05) is 31.2 Å². The Morgan fingerprint density at radius 3 is 2.32 bits per heavy atom. The summed E-state index contributed by atoms with van der Waals surface area (Å²) in [5, 5.41) is 11.5. The smallest absolute Gasteiger partial charge is 0.293 e. The van der Waals surface area contributed by atoms with Gasteiger partial charge in [0.15, 0.2) is 5.78 Å². The fourth-order valence-corrected chi connectivity index (χ4v) is 2.93. The highest BCUT2D eigenvalue weighted by atomic mass is 16.6. The van der Waals surface area contributed by atoms with E-state index in [4.69, 9.17) is 4.74 Å². The number of hydrogen-bond donors (Lipinski definition) is 0. The van der Waals surface area contributed by atoms with E-state index in [-0.39, 0.29) is 11.5 Å². The molecule has 0 spiro atoms.